The molecule has 2 aromatic carbocycles. The number of benzene rings is 2. The zero-order valence-corrected chi connectivity index (χ0v) is 15.0. The number of anilines is 1. The summed E-state index contributed by atoms with van der Waals surface area (Å²) < 4.78 is 5.85. The van der Waals surface area contributed by atoms with Crippen LogP contribution in [0, 0.1) is 0 Å². The van der Waals surface area contributed by atoms with Gasteiger partial charge in [0.25, 0.3) is 0 Å². The van der Waals surface area contributed by atoms with Crippen LogP contribution >= 0.6 is 0 Å². The van der Waals surface area contributed by atoms with E-state index in [1.807, 2.05) is 66.7 Å². The Morgan fingerprint density at radius 1 is 0.926 bits per heavy atom. The zero-order chi connectivity index (χ0) is 18.5. The first-order valence-electron chi connectivity index (χ1n) is 8.91. The molecule has 4 rings (SSSR count). The molecule has 1 unspecified atom stereocenters. The van der Waals surface area contributed by atoms with E-state index in [0.29, 0.717) is 12.4 Å². The Balaban J connectivity index is 1.60. The molecule has 0 amide bonds. The summed E-state index contributed by atoms with van der Waals surface area (Å²) in [6, 6.07) is 21.7. The van der Waals surface area contributed by atoms with E-state index in [0.717, 1.165) is 28.0 Å². The molecule has 5 heteroatoms. The molecule has 2 aromatic heterocycles. The second-order valence-corrected chi connectivity index (χ2v) is 6.32. The van der Waals surface area contributed by atoms with Crippen LogP contribution in [0.2, 0.25) is 0 Å². The highest BCUT2D eigenvalue weighted by molar-refractivity contribution is 5.90. The minimum Gasteiger partial charge on any atom is -0.491 e. The van der Waals surface area contributed by atoms with Gasteiger partial charge in [-0.05, 0) is 43.3 Å². The summed E-state index contributed by atoms with van der Waals surface area (Å²) in [7, 11) is 0. The number of hydrogen-bond acceptors (Lipinski definition) is 5. The number of ether oxygens (including phenoxy) is 1. The molecule has 4 aromatic rings. The van der Waals surface area contributed by atoms with Gasteiger partial charge in [-0.15, -0.1) is 0 Å². The molecule has 0 saturated carbocycles. The molecule has 0 spiro atoms. The van der Waals surface area contributed by atoms with Crippen molar-refractivity contribution in [3.05, 3.63) is 79.1 Å². The summed E-state index contributed by atoms with van der Waals surface area (Å²) in [5.41, 5.74) is 1.78. The highest BCUT2D eigenvalue weighted by Crippen LogP contribution is 2.25. The smallest absolute Gasteiger partial charge is 0.163 e. The van der Waals surface area contributed by atoms with Crippen molar-refractivity contribution in [1.82, 2.24) is 15.0 Å². The van der Waals surface area contributed by atoms with Crippen LogP contribution in [0.3, 0.4) is 0 Å². The van der Waals surface area contributed by atoms with E-state index < -0.39 is 0 Å². The molecule has 0 bridgehead atoms. The molecule has 5 nitrogen and oxygen atoms in total. The van der Waals surface area contributed by atoms with Gasteiger partial charge in [0.05, 0.1) is 11.6 Å². The fourth-order valence-corrected chi connectivity index (χ4v) is 2.82. The molecule has 0 aliphatic rings. The molecule has 2 heterocycles. The molecule has 0 aliphatic carbocycles. The van der Waals surface area contributed by atoms with Gasteiger partial charge in [0.1, 0.15) is 18.2 Å². The van der Waals surface area contributed by atoms with Crippen molar-refractivity contribution in [2.75, 3.05) is 11.9 Å². The highest BCUT2D eigenvalue weighted by atomic mass is 16.5. The molecular weight excluding hydrogens is 336 g/mol. The van der Waals surface area contributed by atoms with Crippen LogP contribution in [0.1, 0.15) is 6.92 Å². The first-order valence-corrected chi connectivity index (χ1v) is 8.91. The van der Waals surface area contributed by atoms with E-state index in [9.17, 15) is 0 Å². The normalized spacial score (nSPS) is 11.9. The maximum atomic E-state index is 5.85. The minimum atomic E-state index is 0.0743. The van der Waals surface area contributed by atoms with Crippen molar-refractivity contribution >= 4 is 16.7 Å². The van der Waals surface area contributed by atoms with Crippen LogP contribution < -0.4 is 10.1 Å². The van der Waals surface area contributed by atoms with Gasteiger partial charge in [0, 0.05) is 23.3 Å². The molecular formula is C22H20N4O. The Kier molecular flexibility index (Phi) is 4.92. The zero-order valence-electron chi connectivity index (χ0n) is 15.0. The summed E-state index contributed by atoms with van der Waals surface area (Å²) >= 11 is 0. The lowest BCUT2D eigenvalue weighted by Crippen LogP contribution is -2.24. The summed E-state index contributed by atoms with van der Waals surface area (Å²) in [6.45, 7) is 2.61. The Labute approximate surface area is 158 Å². The maximum absolute atomic E-state index is 5.85. The largest absolute Gasteiger partial charge is 0.491 e. The lowest BCUT2D eigenvalue weighted by atomic mass is 10.2. The predicted octanol–water partition coefficient (Wildman–Crippen LogP) is 4.57. The fourth-order valence-electron chi connectivity index (χ4n) is 2.82. The number of pyridine rings is 1. The number of nitrogens with one attached hydrogen (secondary N) is 1. The van der Waals surface area contributed by atoms with Crippen LogP contribution in [0.5, 0.6) is 5.75 Å². The summed E-state index contributed by atoms with van der Waals surface area (Å²) in [4.78, 5) is 13.6. The van der Waals surface area contributed by atoms with E-state index in [1.54, 1.807) is 12.4 Å². The summed E-state index contributed by atoms with van der Waals surface area (Å²) in [6.07, 6.45) is 3.52. The molecule has 0 saturated heterocycles. The van der Waals surface area contributed by atoms with Gasteiger partial charge in [-0.1, -0.05) is 30.3 Å². The fraction of sp³-hybridized carbons (Fsp3) is 0.136. The monoisotopic (exact) mass is 356 g/mol. The first kappa shape index (κ1) is 17.0. The number of fused-ring (bicyclic) bond motifs is 1. The van der Waals surface area contributed by atoms with Gasteiger partial charge in [0.2, 0.25) is 0 Å². The van der Waals surface area contributed by atoms with Crippen LogP contribution in [0.4, 0.5) is 5.82 Å². The third-order valence-electron chi connectivity index (χ3n) is 4.15. The molecule has 0 radical (unpaired) electrons. The van der Waals surface area contributed by atoms with E-state index in [1.165, 1.54) is 0 Å². The highest BCUT2D eigenvalue weighted by Gasteiger charge is 2.12. The third kappa shape index (κ3) is 4.03. The van der Waals surface area contributed by atoms with Gasteiger partial charge in [0.15, 0.2) is 5.82 Å². The SMILES string of the molecule is CC(COc1ccccc1)Nc1nc(-c2cccnc2)nc2ccccc12. The van der Waals surface area contributed by atoms with E-state index in [2.05, 4.69) is 22.2 Å². The lowest BCUT2D eigenvalue weighted by Gasteiger charge is -2.17. The Hall–Kier alpha value is -3.47. The average Bonchev–Trinajstić information content (AvgIpc) is 2.73. The maximum Gasteiger partial charge on any atom is 0.163 e. The molecule has 1 N–H and O–H groups in total. The van der Waals surface area contributed by atoms with Crippen LogP contribution in [0.25, 0.3) is 22.3 Å². The van der Waals surface area contributed by atoms with Gasteiger partial charge >= 0.3 is 0 Å². The molecule has 134 valence electrons. The van der Waals surface area contributed by atoms with Gasteiger partial charge in [-0.25, -0.2) is 9.97 Å². The molecule has 0 aliphatic heterocycles. The minimum absolute atomic E-state index is 0.0743. The second-order valence-electron chi connectivity index (χ2n) is 6.32. The van der Waals surface area contributed by atoms with Crippen LogP contribution in [0.15, 0.2) is 79.1 Å². The quantitative estimate of drug-likeness (QED) is 0.548. The van der Waals surface area contributed by atoms with Crippen LogP contribution in [-0.4, -0.2) is 27.6 Å². The van der Waals surface area contributed by atoms with Crippen LogP contribution in [-0.2, 0) is 0 Å². The number of aromatic nitrogens is 3. The van der Waals surface area contributed by atoms with Crippen molar-refractivity contribution in [1.29, 1.82) is 0 Å². The topological polar surface area (TPSA) is 59.9 Å². The number of nitrogens with zero attached hydrogens (tertiary/aromatic N) is 3. The van der Waals surface area contributed by atoms with E-state index >= 15 is 0 Å². The number of para-hydroxylation sites is 2. The van der Waals surface area contributed by atoms with Gasteiger partial charge in [-0.3, -0.25) is 4.98 Å². The molecule has 27 heavy (non-hydrogen) atoms. The van der Waals surface area contributed by atoms with Gasteiger partial charge < -0.3 is 10.1 Å². The molecule has 1 atom stereocenters. The lowest BCUT2D eigenvalue weighted by molar-refractivity contribution is 0.304. The van der Waals surface area contributed by atoms with Crippen molar-refractivity contribution < 1.29 is 4.74 Å². The Morgan fingerprint density at radius 3 is 2.56 bits per heavy atom. The molecule has 0 fully saturated rings. The summed E-state index contributed by atoms with van der Waals surface area (Å²) in [5, 5.41) is 4.45. The number of hydrogen-bond donors (Lipinski definition) is 1. The second kappa shape index (κ2) is 7.83. The first-order chi connectivity index (χ1) is 13.3. The van der Waals surface area contributed by atoms with Crippen molar-refractivity contribution in [3.8, 4) is 17.1 Å². The third-order valence-corrected chi connectivity index (χ3v) is 4.15. The van der Waals surface area contributed by atoms with Crippen molar-refractivity contribution in [2.24, 2.45) is 0 Å². The van der Waals surface area contributed by atoms with E-state index in [4.69, 9.17) is 9.72 Å². The standard InChI is InChI=1S/C22H20N4O/c1-16(15-27-18-9-3-2-4-10-18)24-22-19-11-5-6-12-20(19)25-21(26-22)17-8-7-13-23-14-17/h2-14,16H,15H2,1H3,(H,24,25,26). The number of rotatable bonds is 6. The predicted molar refractivity (Wildman–Crippen MR) is 108 cm³/mol. The Morgan fingerprint density at radius 2 is 1.74 bits per heavy atom. The Bertz CT molecular complexity index is 1020. The summed E-state index contributed by atoms with van der Waals surface area (Å²) in [5.74, 6) is 2.30. The van der Waals surface area contributed by atoms with Crippen molar-refractivity contribution in [2.45, 2.75) is 13.0 Å². The van der Waals surface area contributed by atoms with Gasteiger partial charge in [-0.2, -0.15) is 0 Å². The van der Waals surface area contributed by atoms with Crippen molar-refractivity contribution in [3.63, 3.8) is 0 Å². The average molecular weight is 356 g/mol. The van der Waals surface area contributed by atoms with E-state index in [-0.39, 0.29) is 6.04 Å².